The van der Waals surface area contributed by atoms with Crippen molar-refractivity contribution < 1.29 is 38.8 Å². The lowest BCUT2D eigenvalue weighted by molar-refractivity contribution is -0.268. The second-order valence-electron chi connectivity index (χ2n) is 8.44. The summed E-state index contributed by atoms with van der Waals surface area (Å²) in [6.07, 6.45) is -4.89. The molecule has 0 bridgehead atoms. The number of rotatable bonds is 10. The zero-order valence-corrected chi connectivity index (χ0v) is 20.0. The van der Waals surface area contributed by atoms with E-state index in [1.165, 1.54) is 0 Å². The Morgan fingerprint density at radius 3 is 1.97 bits per heavy atom. The number of aliphatic hydroxyl groups is 2. The van der Waals surface area contributed by atoms with Gasteiger partial charge in [0.2, 0.25) is 12.2 Å². The van der Waals surface area contributed by atoms with Crippen molar-refractivity contribution in [3.05, 3.63) is 0 Å². The highest BCUT2D eigenvalue weighted by Crippen LogP contribution is 2.26. The summed E-state index contributed by atoms with van der Waals surface area (Å²) in [6, 6.07) is -3.18. The molecule has 1 aliphatic heterocycles. The Balaban J connectivity index is 0.00000961. The van der Waals surface area contributed by atoms with E-state index in [0.717, 1.165) is 0 Å². The largest absolute Gasteiger partial charge is 0.456 e. The van der Waals surface area contributed by atoms with Crippen LogP contribution in [-0.4, -0.2) is 77.4 Å². The summed E-state index contributed by atoms with van der Waals surface area (Å²) < 4.78 is 16.3. The zero-order chi connectivity index (χ0) is 23.9. The van der Waals surface area contributed by atoms with Gasteiger partial charge in [0.05, 0.1) is 6.61 Å². The molecular formula is C20H38ClN3O8. The molecule has 12 heteroatoms. The minimum atomic E-state index is -1.51. The fraction of sp³-hybridized carbons (Fsp3) is 0.850. The van der Waals surface area contributed by atoms with Gasteiger partial charge in [0.25, 0.3) is 0 Å². The normalized spacial score (nSPS) is 27.3. The van der Waals surface area contributed by atoms with Crippen LogP contribution in [0.1, 0.15) is 47.5 Å². The number of halogens is 1. The molecule has 7 N–H and O–H groups in total. The van der Waals surface area contributed by atoms with Gasteiger partial charge < -0.3 is 41.2 Å². The van der Waals surface area contributed by atoms with E-state index in [1.54, 1.807) is 34.6 Å². The Morgan fingerprint density at radius 1 is 1.03 bits per heavy atom. The first-order valence-corrected chi connectivity index (χ1v) is 10.6. The first kappa shape index (κ1) is 30.5. The van der Waals surface area contributed by atoms with Crippen molar-refractivity contribution in [3.63, 3.8) is 0 Å². The van der Waals surface area contributed by atoms with E-state index >= 15 is 0 Å². The van der Waals surface area contributed by atoms with Crippen LogP contribution in [0, 0.1) is 11.8 Å². The second kappa shape index (κ2) is 13.9. The van der Waals surface area contributed by atoms with Gasteiger partial charge >= 0.3 is 11.9 Å². The maximum atomic E-state index is 12.5. The predicted molar refractivity (Wildman–Crippen MR) is 117 cm³/mol. The van der Waals surface area contributed by atoms with Crippen LogP contribution in [0.4, 0.5) is 0 Å². The topological polar surface area (TPSA) is 183 Å². The summed E-state index contributed by atoms with van der Waals surface area (Å²) in [5, 5.41) is 22.9. The number of carbonyl (C=O) groups is 3. The summed E-state index contributed by atoms with van der Waals surface area (Å²) in [6.45, 7) is 8.05. The molecule has 3 unspecified atom stereocenters. The molecule has 0 saturated carbocycles. The fourth-order valence-corrected chi connectivity index (χ4v) is 2.90. The van der Waals surface area contributed by atoms with Crippen molar-refractivity contribution in [2.75, 3.05) is 6.61 Å². The van der Waals surface area contributed by atoms with E-state index in [4.69, 9.17) is 25.7 Å². The summed E-state index contributed by atoms with van der Waals surface area (Å²) in [5.74, 6) is -2.51. The molecule has 1 amide bonds. The second-order valence-corrected chi connectivity index (χ2v) is 8.44. The smallest absolute Gasteiger partial charge is 0.325 e. The van der Waals surface area contributed by atoms with E-state index in [-0.39, 0.29) is 30.7 Å². The molecule has 7 atom stereocenters. The SMILES string of the molecule is CCCC(=O)N[C@H]1C(OC(=O)C(N)C(C)C)O[C@H](CO)[C@@H](O)[C@@H]1OC(=O)C(N)C(C)C.Cl. The Labute approximate surface area is 194 Å². The lowest BCUT2D eigenvalue weighted by Crippen LogP contribution is -2.67. The fourth-order valence-electron chi connectivity index (χ4n) is 2.90. The Kier molecular flexibility index (Phi) is 13.3. The zero-order valence-electron chi connectivity index (χ0n) is 19.2. The summed E-state index contributed by atoms with van der Waals surface area (Å²) >= 11 is 0. The third-order valence-electron chi connectivity index (χ3n) is 5.12. The van der Waals surface area contributed by atoms with Gasteiger partial charge in [-0.3, -0.25) is 14.4 Å². The molecule has 1 saturated heterocycles. The highest BCUT2D eigenvalue weighted by Gasteiger charge is 2.50. The van der Waals surface area contributed by atoms with Crippen molar-refractivity contribution in [3.8, 4) is 0 Å². The molecule has 188 valence electrons. The Hall–Kier alpha value is -1.50. The van der Waals surface area contributed by atoms with Gasteiger partial charge in [-0.05, 0) is 18.3 Å². The first-order valence-electron chi connectivity index (χ1n) is 10.6. The van der Waals surface area contributed by atoms with Crippen LogP contribution in [-0.2, 0) is 28.6 Å². The van der Waals surface area contributed by atoms with Gasteiger partial charge in [0, 0.05) is 6.42 Å². The number of aliphatic hydroxyl groups excluding tert-OH is 2. The van der Waals surface area contributed by atoms with Crippen LogP contribution in [0.25, 0.3) is 0 Å². The molecule has 0 aliphatic carbocycles. The number of nitrogens with one attached hydrogen (secondary N) is 1. The Bertz CT molecular complexity index is 622. The van der Waals surface area contributed by atoms with Crippen molar-refractivity contribution >= 4 is 30.3 Å². The predicted octanol–water partition coefficient (Wildman–Crippen LogP) is -0.807. The summed E-state index contributed by atoms with van der Waals surface area (Å²) in [4.78, 5) is 37.2. The molecule has 1 aliphatic rings. The van der Waals surface area contributed by atoms with E-state index in [9.17, 15) is 24.6 Å². The lowest BCUT2D eigenvalue weighted by Gasteiger charge is -2.43. The summed E-state index contributed by atoms with van der Waals surface area (Å²) in [7, 11) is 0. The van der Waals surface area contributed by atoms with Crippen molar-refractivity contribution in [2.45, 2.75) is 90.2 Å². The number of hydrogen-bond acceptors (Lipinski definition) is 10. The average molecular weight is 484 g/mol. The number of nitrogens with two attached hydrogens (primary N) is 2. The van der Waals surface area contributed by atoms with E-state index in [0.29, 0.717) is 6.42 Å². The van der Waals surface area contributed by atoms with Crippen LogP contribution in [0.15, 0.2) is 0 Å². The summed E-state index contributed by atoms with van der Waals surface area (Å²) in [5.41, 5.74) is 11.7. The van der Waals surface area contributed by atoms with Gasteiger partial charge in [-0.1, -0.05) is 34.6 Å². The monoisotopic (exact) mass is 483 g/mol. The molecule has 1 fully saturated rings. The van der Waals surface area contributed by atoms with Crippen LogP contribution >= 0.6 is 12.4 Å². The van der Waals surface area contributed by atoms with Crippen LogP contribution in [0.5, 0.6) is 0 Å². The molecule has 0 aromatic rings. The molecule has 11 nitrogen and oxygen atoms in total. The molecule has 0 spiro atoms. The third-order valence-corrected chi connectivity index (χ3v) is 5.12. The van der Waals surface area contributed by atoms with Crippen LogP contribution in [0.3, 0.4) is 0 Å². The average Bonchev–Trinajstić information content (AvgIpc) is 2.70. The highest BCUT2D eigenvalue weighted by molar-refractivity contribution is 5.85. The number of esters is 2. The quantitative estimate of drug-likeness (QED) is 0.246. The maximum Gasteiger partial charge on any atom is 0.325 e. The van der Waals surface area contributed by atoms with Gasteiger partial charge in [-0.15, -0.1) is 12.4 Å². The molecular weight excluding hydrogens is 446 g/mol. The number of amides is 1. The van der Waals surface area contributed by atoms with Gasteiger partial charge in [0.15, 0.2) is 6.10 Å². The number of carbonyl (C=O) groups excluding carboxylic acids is 3. The molecule has 0 aromatic heterocycles. The lowest BCUT2D eigenvalue weighted by atomic mass is 9.95. The third kappa shape index (κ3) is 8.13. The van der Waals surface area contributed by atoms with Gasteiger partial charge in [-0.2, -0.15) is 0 Å². The number of ether oxygens (including phenoxy) is 3. The van der Waals surface area contributed by atoms with Gasteiger partial charge in [-0.25, -0.2) is 0 Å². The highest BCUT2D eigenvalue weighted by atomic mass is 35.5. The molecule has 1 heterocycles. The molecule has 0 aromatic carbocycles. The van der Waals surface area contributed by atoms with Crippen molar-refractivity contribution in [2.24, 2.45) is 23.3 Å². The van der Waals surface area contributed by atoms with Gasteiger partial charge in [0.1, 0.15) is 30.3 Å². The van der Waals surface area contributed by atoms with E-state index in [1.807, 2.05) is 0 Å². The molecule has 1 rings (SSSR count). The van der Waals surface area contributed by atoms with Crippen molar-refractivity contribution in [1.29, 1.82) is 0 Å². The maximum absolute atomic E-state index is 12.5. The molecule has 0 radical (unpaired) electrons. The van der Waals surface area contributed by atoms with E-state index < -0.39 is 67.2 Å². The van der Waals surface area contributed by atoms with E-state index in [2.05, 4.69) is 5.32 Å². The van der Waals surface area contributed by atoms with Crippen LogP contribution in [0.2, 0.25) is 0 Å². The minimum absolute atomic E-state index is 0. The van der Waals surface area contributed by atoms with Crippen molar-refractivity contribution in [1.82, 2.24) is 5.32 Å². The first-order chi connectivity index (χ1) is 14.4. The van der Waals surface area contributed by atoms with Crippen LogP contribution < -0.4 is 16.8 Å². The standard InChI is InChI=1S/C20H37N3O8.ClH/c1-6-7-12(25)23-15-17(30-18(27)13(21)9(2)3)16(26)11(8-24)29-20(15)31-19(28)14(22)10(4)5;/h9-11,13-17,20,24,26H,6-8,21-22H2,1-5H3,(H,23,25);1H/t11-,13?,14?,15-,16-,17-,20?;/m1./s1. The minimum Gasteiger partial charge on any atom is -0.456 e. The number of hydrogen-bond donors (Lipinski definition) is 5. The Morgan fingerprint density at radius 2 is 1.53 bits per heavy atom. The molecule has 32 heavy (non-hydrogen) atoms.